The fraction of sp³-hybridized carbons (Fsp3) is 0.400. The number of aromatic nitrogens is 5. The van der Waals surface area contributed by atoms with Crippen LogP contribution in [0.4, 0.5) is 11.4 Å². The molecule has 0 radical (unpaired) electrons. The number of amides is 1. The number of aryl methyl sites for hydroxylation is 1. The molecular formula is C30H35N7O4S. The van der Waals surface area contributed by atoms with Gasteiger partial charge in [0, 0.05) is 16.9 Å². The summed E-state index contributed by atoms with van der Waals surface area (Å²) in [6.45, 7) is 6.19. The molecule has 2 aliphatic rings. The number of nitrogens with zero attached hydrogens (tertiary/aromatic N) is 5. The summed E-state index contributed by atoms with van der Waals surface area (Å²) in [5.41, 5.74) is 6.42. The van der Waals surface area contributed by atoms with Gasteiger partial charge in [-0.1, -0.05) is 25.1 Å². The first-order valence-electron chi connectivity index (χ1n) is 14.1. The van der Waals surface area contributed by atoms with E-state index >= 15 is 0 Å². The molecule has 0 aliphatic heterocycles. The lowest BCUT2D eigenvalue weighted by Crippen LogP contribution is -2.18. The molecule has 0 spiro atoms. The second-order valence-corrected chi connectivity index (χ2v) is 13.3. The van der Waals surface area contributed by atoms with E-state index in [1.54, 1.807) is 16.8 Å². The number of hydrogen-bond donors (Lipinski definition) is 2. The van der Waals surface area contributed by atoms with Crippen molar-refractivity contribution < 1.29 is 17.9 Å². The van der Waals surface area contributed by atoms with E-state index in [9.17, 15) is 13.2 Å². The minimum Gasteiger partial charge on any atom is -0.494 e. The summed E-state index contributed by atoms with van der Waals surface area (Å²) in [6, 6.07) is 9.60. The van der Waals surface area contributed by atoms with E-state index in [-0.39, 0.29) is 22.4 Å². The second-order valence-electron chi connectivity index (χ2n) is 11.6. The number of rotatable bonds is 10. The number of ether oxygens (including phenoxy) is 1. The van der Waals surface area contributed by atoms with Crippen molar-refractivity contribution in [2.75, 3.05) is 23.4 Å². The highest BCUT2D eigenvalue weighted by Crippen LogP contribution is 2.50. The number of carbonyl (C=O) groups is 1. The zero-order valence-electron chi connectivity index (χ0n) is 24.4. The van der Waals surface area contributed by atoms with Gasteiger partial charge in [0.15, 0.2) is 5.75 Å². The third-order valence-corrected chi connectivity index (χ3v) is 8.73. The third kappa shape index (κ3) is 5.38. The van der Waals surface area contributed by atoms with Crippen molar-refractivity contribution in [2.45, 2.75) is 64.3 Å². The Bertz CT molecular complexity index is 1800. The molecule has 0 unspecified atom stereocenters. The predicted molar refractivity (Wildman–Crippen MR) is 161 cm³/mol. The van der Waals surface area contributed by atoms with Gasteiger partial charge in [-0.25, -0.2) is 13.1 Å². The number of anilines is 2. The summed E-state index contributed by atoms with van der Waals surface area (Å²) in [4.78, 5) is 13.7. The summed E-state index contributed by atoms with van der Waals surface area (Å²) >= 11 is 0. The van der Waals surface area contributed by atoms with Gasteiger partial charge in [-0.2, -0.15) is 5.10 Å². The highest BCUT2D eigenvalue weighted by molar-refractivity contribution is 7.92. The van der Waals surface area contributed by atoms with E-state index in [1.165, 1.54) is 7.11 Å². The molecular weight excluding hydrogens is 554 g/mol. The molecule has 2 N–H and O–H groups in total. The van der Waals surface area contributed by atoms with Crippen molar-refractivity contribution in [3.8, 4) is 22.7 Å². The Morgan fingerprint density at radius 3 is 2.60 bits per heavy atom. The van der Waals surface area contributed by atoms with Gasteiger partial charge in [-0.05, 0) is 79.8 Å². The lowest BCUT2D eigenvalue weighted by Gasteiger charge is -2.19. The fourth-order valence-electron chi connectivity index (χ4n) is 5.34. The summed E-state index contributed by atoms with van der Waals surface area (Å²) in [6.07, 6.45) is 9.90. The van der Waals surface area contributed by atoms with E-state index in [0.29, 0.717) is 11.7 Å². The fourth-order valence-corrected chi connectivity index (χ4v) is 5.89. The van der Waals surface area contributed by atoms with E-state index in [4.69, 9.17) is 4.74 Å². The largest absolute Gasteiger partial charge is 0.494 e. The molecule has 220 valence electrons. The van der Waals surface area contributed by atoms with Crippen LogP contribution in [0, 0.1) is 6.92 Å². The zero-order chi connectivity index (χ0) is 29.8. The zero-order valence-corrected chi connectivity index (χ0v) is 25.2. The van der Waals surface area contributed by atoms with Gasteiger partial charge >= 0.3 is 0 Å². The van der Waals surface area contributed by atoms with Crippen molar-refractivity contribution in [3.05, 3.63) is 65.1 Å². The third-order valence-electron chi connectivity index (χ3n) is 8.14. The minimum absolute atomic E-state index is 0.107. The van der Waals surface area contributed by atoms with E-state index in [1.807, 2.05) is 37.5 Å². The summed E-state index contributed by atoms with van der Waals surface area (Å²) in [5, 5.41) is 16.4. The number of nitrogens with one attached hydrogen (secondary N) is 2. The number of hydrogen-bond acceptors (Lipinski definition) is 7. The maximum Gasteiger partial charge on any atom is 0.259 e. The van der Waals surface area contributed by atoms with Crippen molar-refractivity contribution in [1.29, 1.82) is 0 Å². The van der Waals surface area contributed by atoms with Crippen LogP contribution in [0.25, 0.3) is 16.9 Å². The second kappa shape index (κ2) is 10.3. The molecule has 4 aromatic rings. The van der Waals surface area contributed by atoms with E-state index in [2.05, 4.69) is 44.0 Å². The Kier molecular flexibility index (Phi) is 6.83. The molecule has 0 atom stereocenters. The molecule has 42 heavy (non-hydrogen) atoms. The lowest BCUT2D eigenvalue weighted by molar-refractivity contribution is 0.102. The summed E-state index contributed by atoms with van der Waals surface area (Å²) < 4.78 is 36.1. The molecule has 6 rings (SSSR count). The molecule has 0 saturated heterocycles. The van der Waals surface area contributed by atoms with Gasteiger partial charge in [-0.3, -0.25) is 14.2 Å². The Labute approximate surface area is 245 Å². The molecule has 2 fully saturated rings. The number of carbonyl (C=O) groups excluding carboxylic acids is 1. The molecule has 2 aliphatic carbocycles. The molecule has 11 nitrogen and oxygen atoms in total. The first kappa shape index (κ1) is 28.0. The van der Waals surface area contributed by atoms with Crippen LogP contribution in [0.1, 0.15) is 72.8 Å². The quantitative estimate of drug-likeness (QED) is 0.265. The van der Waals surface area contributed by atoms with Crippen molar-refractivity contribution in [2.24, 2.45) is 0 Å². The Morgan fingerprint density at radius 2 is 1.95 bits per heavy atom. The van der Waals surface area contributed by atoms with E-state index in [0.717, 1.165) is 72.1 Å². The van der Waals surface area contributed by atoms with Crippen LogP contribution < -0.4 is 14.8 Å². The summed E-state index contributed by atoms with van der Waals surface area (Å²) in [7, 11) is -2.18. The van der Waals surface area contributed by atoms with Gasteiger partial charge in [0.1, 0.15) is 5.69 Å². The normalized spacial score (nSPS) is 15.8. The monoisotopic (exact) mass is 589 g/mol. The Balaban J connectivity index is 1.31. The average molecular weight is 590 g/mol. The van der Waals surface area contributed by atoms with Crippen molar-refractivity contribution in [1.82, 2.24) is 24.8 Å². The number of sulfonamides is 1. The molecule has 12 heteroatoms. The van der Waals surface area contributed by atoms with Crippen molar-refractivity contribution >= 4 is 27.3 Å². The Hall–Kier alpha value is -4.19. The first-order valence-corrected chi connectivity index (χ1v) is 16.0. The standard InChI is InChI=1S/C30H35N7O4S/c1-6-26-23(16-31-37(26)21-9-10-21)25-17-36(35-33-25)27-15-20(8-7-18(27)2)32-29(38)22-13-19(30(3)11-12-30)14-24(28(22)41-4)34-42(5,39)40/h7-8,13-17,21,34H,6,9-12H2,1-5H3,(H,32,38). The maximum absolute atomic E-state index is 13.7. The van der Waals surface area contributed by atoms with Crippen LogP contribution in [0.3, 0.4) is 0 Å². The van der Waals surface area contributed by atoms with Crippen LogP contribution in [-0.2, 0) is 21.9 Å². The minimum atomic E-state index is -3.60. The SMILES string of the molecule is CCc1c(-c2cn(-c3cc(NC(=O)c4cc(C5(C)CC5)cc(NS(C)(=O)=O)c4OC)ccc3C)nn2)cnn1C1CC1. The topological polar surface area (TPSA) is 133 Å². The number of benzene rings is 2. The molecule has 1 amide bonds. The van der Waals surface area contributed by atoms with Gasteiger partial charge in [0.25, 0.3) is 5.91 Å². The van der Waals surface area contributed by atoms with Gasteiger partial charge in [-0.15, -0.1) is 5.10 Å². The molecule has 2 aromatic heterocycles. The van der Waals surface area contributed by atoms with Crippen LogP contribution >= 0.6 is 0 Å². The smallest absolute Gasteiger partial charge is 0.259 e. The highest BCUT2D eigenvalue weighted by Gasteiger charge is 2.40. The van der Waals surface area contributed by atoms with Gasteiger partial charge < -0.3 is 10.1 Å². The Morgan fingerprint density at radius 1 is 1.19 bits per heavy atom. The highest BCUT2D eigenvalue weighted by atomic mass is 32.2. The summed E-state index contributed by atoms with van der Waals surface area (Å²) in [5.74, 6) is -0.249. The lowest BCUT2D eigenvalue weighted by atomic mass is 9.94. The van der Waals surface area contributed by atoms with E-state index < -0.39 is 15.9 Å². The van der Waals surface area contributed by atoms with Crippen LogP contribution in [0.2, 0.25) is 0 Å². The average Bonchev–Trinajstić information content (AvgIpc) is 3.83. The van der Waals surface area contributed by atoms with Crippen LogP contribution in [0.15, 0.2) is 42.7 Å². The predicted octanol–water partition coefficient (Wildman–Crippen LogP) is 5.02. The van der Waals surface area contributed by atoms with Crippen LogP contribution in [0.5, 0.6) is 5.75 Å². The first-order chi connectivity index (χ1) is 20.0. The molecule has 2 aromatic carbocycles. The maximum atomic E-state index is 13.7. The van der Waals surface area contributed by atoms with Gasteiger partial charge in [0.05, 0.1) is 48.7 Å². The van der Waals surface area contributed by atoms with Crippen LogP contribution in [-0.4, -0.2) is 52.5 Å². The van der Waals surface area contributed by atoms with Gasteiger partial charge in [0.2, 0.25) is 10.0 Å². The number of methoxy groups -OCH3 is 1. The molecule has 0 bridgehead atoms. The molecule has 2 heterocycles. The molecule has 2 saturated carbocycles. The van der Waals surface area contributed by atoms with Crippen molar-refractivity contribution in [3.63, 3.8) is 0 Å².